The molecule has 0 bridgehead atoms. The van der Waals surface area contributed by atoms with Crippen LogP contribution in [0.4, 0.5) is 17.1 Å². The molecule has 116 valence electrons. The molecule has 0 saturated carbocycles. The van der Waals surface area contributed by atoms with Gasteiger partial charge in [0.05, 0.1) is 10.6 Å². The Morgan fingerprint density at radius 2 is 1.91 bits per heavy atom. The van der Waals surface area contributed by atoms with E-state index in [1.54, 1.807) is 13.0 Å². The van der Waals surface area contributed by atoms with Crippen LogP contribution < -0.4 is 10.5 Å². The minimum Gasteiger partial charge on any atom is -0.507 e. The fourth-order valence-corrected chi connectivity index (χ4v) is 3.04. The Bertz CT molecular complexity index is 849. The fraction of sp³-hybridized carbons (Fsp3) is 0.0769. The van der Waals surface area contributed by atoms with Crippen LogP contribution in [0.3, 0.4) is 0 Å². The molecule has 9 heteroatoms. The Balaban J connectivity index is 2.43. The summed E-state index contributed by atoms with van der Waals surface area (Å²) in [6.45, 7) is 1.67. The Hall–Kier alpha value is -2.81. The predicted octanol–water partition coefficient (Wildman–Crippen LogP) is 1.99. The standard InChI is InChI=1S/C13H13N3O5S/c1-8-2-5-12(17)13(6-8)22(20,21)15-9-3-4-10(14)11(7-9)16(18)19/h2-7,15,17H,14H2,1H3. The van der Waals surface area contributed by atoms with Gasteiger partial charge in [-0.1, -0.05) is 6.07 Å². The first kappa shape index (κ1) is 15.6. The van der Waals surface area contributed by atoms with Crippen LogP contribution >= 0.6 is 0 Å². The van der Waals surface area contributed by atoms with Crippen LogP contribution in [0.15, 0.2) is 41.3 Å². The third-order valence-electron chi connectivity index (χ3n) is 2.88. The highest BCUT2D eigenvalue weighted by atomic mass is 32.2. The number of anilines is 2. The van der Waals surface area contributed by atoms with Crippen LogP contribution in [-0.4, -0.2) is 18.4 Å². The van der Waals surface area contributed by atoms with Crippen molar-refractivity contribution >= 4 is 27.1 Å². The molecule has 4 N–H and O–H groups in total. The van der Waals surface area contributed by atoms with Crippen molar-refractivity contribution in [3.05, 3.63) is 52.1 Å². The van der Waals surface area contributed by atoms with E-state index in [0.717, 1.165) is 6.07 Å². The largest absolute Gasteiger partial charge is 0.507 e. The molecule has 0 radical (unpaired) electrons. The summed E-state index contributed by atoms with van der Waals surface area (Å²) in [6, 6.07) is 7.65. The van der Waals surface area contributed by atoms with Gasteiger partial charge in [0.15, 0.2) is 0 Å². The average molecular weight is 323 g/mol. The van der Waals surface area contributed by atoms with Gasteiger partial charge in [-0.05, 0) is 36.8 Å². The number of nitrogens with two attached hydrogens (primary N) is 1. The molecule has 0 unspecified atom stereocenters. The highest BCUT2D eigenvalue weighted by Gasteiger charge is 2.20. The zero-order valence-corrected chi connectivity index (χ0v) is 12.3. The first-order valence-electron chi connectivity index (χ1n) is 6.07. The quantitative estimate of drug-likeness (QED) is 0.447. The van der Waals surface area contributed by atoms with Crippen molar-refractivity contribution in [1.29, 1.82) is 0 Å². The number of nitrogen functional groups attached to an aromatic ring is 1. The summed E-state index contributed by atoms with van der Waals surface area (Å²) in [6.07, 6.45) is 0. The summed E-state index contributed by atoms with van der Waals surface area (Å²) < 4.78 is 26.7. The second kappa shape index (κ2) is 5.53. The lowest BCUT2D eigenvalue weighted by Gasteiger charge is -2.10. The van der Waals surface area contributed by atoms with Crippen molar-refractivity contribution in [2.45, 2.75) is 11.8 Å². The summed E-state index contributed by atoms with van der Waals surface area (Å²) in [7, 11) is -4.09. The van der Waals surface area contributed by atoms with E-state index in [9.17, 15) is 23.6 Å². The molecular formula is C13H13N3O5S. The van der Waals surface area contributed by atoms with E-state index < -0.39 is 26.4 Å². The molecule has 2 rings (SSSR count). The van der Waals surface area contributed by atoms with Gasteiger partial charge in [0, 0.05) is 6.07 Å². The van der Waals surface area contributed by atoms with Crippen molar-refractivity contribution in [2.24, 2.45) is 0 Å². The number of phenols is 1. The number of nitro benzene ring substituents is 1. The molecule has 0 aliphatic carbocycles. The maximum absolute atomic E-state index is 12.3. The molecule has 8 nitrogen and oxygen atoms in total. The van der Waals surface area contributed by atoms with Crippen molar-refractivity contribution in [3.63, 3.8) is 0 Å². The number of hydrogen-bond acceptors (Lipinski definition) is 6. The highest BCUT2D eigenvalue weighted by Crippen LogP contribution is 2.29. The summed E-state index contributed by atoms with van der Waals surface area (Å²) in [5.74, 6) is -0.414. The molecule has 0 heterocycles. The van der Waals surface area contributed by atoms with Crippen LogP contribution in [0.5, 0.6) is 5.75 Å². The summed E-state index contributed by atoms with van der Waals surface area (Å²) >= 11 is 0. The van der Waals surface area contributed by atoms with E-state index in [1.807, 2.05) is 0 Å². The molecule has 2 aromatic rings. The van der Waals surface area contributed by atoms with Crippen molar-refractivity contribution < 1.29 is 18.4 Å². The molecule has 2 aromatic carbocycles. The Kier molecular flexibility index (Phi) is 3.91. The minimum absolute atomic E-state index is 0.0261. The van der Waals surface area contributed by atoms with Crippen LogP contribution in [0.1, 0.15) is 5.56 Å². The second-order valence-electron chi connectivity index (χ2n) is 4.61. The third-order valence-corrected chi connectivity index (χ3v) is 4.29. The third kappa shape index (κ3) is 3.09. The predicted molar refractivity (Wildman–Crippen MR) is 81.2 cm³/mol. The van der Waals surface area contributed by atoms with Gasteiger partial charge < -0.3 is 10.8 Å². The molecule has 0 fully saturated rings. The van der Waals surface area contributed by atoms with Gasteiger partial charge in [-0.2, -0.15) is 0 Å². The lowest BCUT2D eigenvalue weighted by Crippen LogP contribution is -2.13. The molecule has 0 spiro atoms. The maximum atomic E-state index is 12.3. The van der Waals surface area contributed by atoms with Crippen LogP contribution in [0.2, 0.25) is 0 Å². The number of phenolic OH excluding ortho intramolecular Hbond substituents is 1. The SMILES string of the molecule is Cc1ccc(O)c(S(=O)(=O)Nc2ccc(N)c([N+](=O)[O-])c2)c1. The fourth-order valence-electron chi connectivity index (χ4n) is 1.81. The molecule has 0 atom stereocenters. The number of sulfonamides is 1. The van der Waals surface area contributed by atoms with Gasteiger partial charge in [0.2, 0.25) is 0 Å². The number of hydrogen-bond donors (Lipinski definition) is 3. The lowest BCUT2D eigenvalue weighted by molar-refractivity contribution is -0.383. The number of benzene rings is 2. The van der Waals surface area contributed by atoms with Crippen molar-refractivity contribution in [2.75, 3.05) is 10.5 Å². The van der Waals surface area contributed by atoms with Crippen LogP contribution in [0.25, 0.3) is 0 Å². The van der Waals surface area contributed by atoms with Gasteiger partial charge in [-0.3, -0.25) is 14.8 Å². The normalized spacial score (nSPS) is 11.1. The lowest BCUT2D eigenvalue weighted by atomic mass is 10.2. The van der Waals surface area contributed by atoms with E-state index in [0.29, 0.717) is 5.56 Å². The van der Waals surface area contributed by atoms with Gasteiger partial charge in [-0.25, -0.2) is 8.42 Å². The summed E-state index contributed by atoms with van der Waals surface area (Å²) in [4.78, 5) is 9.79. The van der Waals surface area contributed by atoms with Crippen molar-refractivity contribution in [1.82, 2.24) is 0 Å². The number of nitrogens with one attached hydrogen (secondary N) is 1. The Labute approximate surface area is 126 Å². The van der Waals surface area contributed by atoms with Gasteiger partial charge in [0.1, 0.15) is 16.3 Å². The smallest absolute Gasteiger partial charge is 0.294 e. The van der Waals surface area contributed by atoms with E-state index in [-0.39, 0.29) is 16.3 Å². The number of rotatable bonds is 4. The van der Waals surface area contributed by atoms with E-state index >= 15 is 0 Å². The van der Waals surface area contributed by atoms with Gasteiger partial charge >= 0.3 is 0 Å². The average Bonchev–Trinajstić information content (AvgIpc) is 2.43. The summed E-state index contributed by atoms with van der Waals surface area (Å²) in [5, 5.41) is 20.5. The molecule has 0 aliphatic heterocycles. The first-order chi connectivity index (χ1) is 10.2. The molecule has 0 saturated heterocycles. The first-order valence-corrected chi connectivity index (χ1v) is 7.55. The monoisotopic (exact) mass is 323 g/mol. The summed E-state index contributed by atoms with van der Waals surface area (Å²) in [5.41, 5.74) is 5.58. The van der Waals surface area contributed by atoms with E-state index in [2.05, 4.69) is 4.72 Å². The molecule has 0 amide bonds. The number of nitrogens with zero attached hydrogens (tertiary/aromatic N) is 1. The van der Waals surface area contributed by atoms with Crippen LogP contribution in [0, 0.1) is 17.0 Å². The number of nitro groups is 1. The maximum Gasteiger partial charge on any atom is 0.294 e. The van der Waals surface area contributed by atoms with Gasteiger partial charge in [0.25, 0.3) is 15.7 Å². The molecule has 22 heavy (non-hydrogen) atoms. The van der Waals surface area contributed by atoms with E-state index in [1.165, 1.54) is 24.3 Å². The zero-order valence-electron chi connectivity index (χ0n) is 11.5. The number of aryl methyl sites for hydroxylation is 1. The molecule has 0 aromatic heterocycles. The Morgan fingerprint density at radius 1 is 1.23 bits per heavy atom. The molecular weight excluding hydrogens is 310 g/mol. The van der Waals surface area contributed by atoms with Crippen LogP contribution in [-0.2, 0) is 10.0 Å². The topological polar surface area (TPSA) is 136 Å². The van der Waals surface area contributed by atoms with Gasteiger partial charge in [-0.15, -0.1) is 0 Å². The zero-order chi connectivity index (χ0) is 16.5. The minimum atomic E-state index is -4.09. The van der Waals surface area contributed by atoms with E-state index in [4.69, 9.17) is 5.73 Å². The highest BCUT2D eigenvalue weighted by molar-refractivity contribution is 7.92. The van der Waals surface area contributed by atoms with Crippen molar-refractivity contribution in [3.8, 4) is 5.75 Å². The molecule has 0 aliphatic rings. The number of aromatic hydroxyl groups is 1. The second-order valence-corrected chi connectivity index (χ2v) is 6.26. The Morgan fingerprint density at radius 3 is 2.55 bits per heavy atom.